The van der Waals surface area contributed by atoms with Crippen LogP contribution in [0.25, 0.3) is 0 Å². The molecule has 0 radical (unpaired) electrons. The molecule has 1 amide bonds. The summed E-state index contributed by atoms with van der Waals surface area (Å²) in [5.41, 5.74) is 7.11. The van der Waals surface area contributed by atoms with Gasteiger partial charge in [0.25, 0.3) is 0 Å². The van der Waals surface area contributed by atoms with Crippen molar-refractivity contribution in [1.29, 1.82) is 0 Å². The maximum atomic E-state index is 14.6. The Labute approximate surface area is 157 Å². The average molecular weight is 387 g/mol. The monoisotopic (exact) mass is 386 g/mol. The summed E-state index contributed by atoms with van der Waals surface area (Å²) in [4.78, 5) is 11.4. The largest absolute Gasteiger partial charge is 0.453 e. The van der Waals surface area contributed by atoms with Gasteiger partial charge in [-0.1, -0.05) is 36.7 Å². The van der Waals surface area contributed by atoms with Crippen LogP contribution in [0.4, 0.5) is 4.39 Å². The van der Waals surface area contributed by atoms with Crippen molar-refractivity contribution in [2.45, 2.75) is 25.8 Å². The molecule has 2 aromatic rings. The van der Waals surface area contributed by atoms with Crippen molar-refractivity contribution in [2.75, 3.05) is 7.05 Å². The van der Waals surface area contributed by atoms with Gasteiger partial charge in [-0.05, 0) is 30.2 Å². The molecule has 1 atom stereocenters. The molecule has 7 heteroatoms. The molecular formula is C18H21Cl2FN2O2. The first-order chi connectivity index (χ1) is 11.5. The summed E-state index contributed by atoms with van der Waals surface area (Å²) < 4.78 is 20.2. The van der Waals surface area contributed by atoms with E-state index < -0.39 is 11.9 Å². The summed E-state index contributed by atoms with van der Waals surface area (Å²) in [5, 5.41) is 2.73. The molecule has 136 valence electrons. The van der Waals surface area contributed by atoms with Gasteiger partial charge < -0.3 is 15.8 Å². The molecule has 0 bridgehead atoms. The molecule has 0 aromatic heterocycles. The lowest BCUT2D eigenvalue weighted by atomic mass is 10.0. The lowest BCUT2D eigenvalue weighted by Gasteiger charge is -2.15. The molecule has 0 saturated heterocycles. The van der Waals surface area contributed by atoms with Crippen molar-refractivity contribution in [2.24, 2.45) is 5.73 Å². The van der Waals surface area contributed by atoms with Crippen LogP contribution in [0.15, 0.2) is 36.4 Å². The Kier molecular flexibility index (Phi) is 8.16. The minimum Gasteiger partial charge on any atom is -0.453 e. The van der Waals surface area contributed by atoms with Crippen molar-refractivity contribution in [3.05, 3.63) is 58.4 Å². The second-order valence-electron chi connectivity index (χ2n) is 5.39. The molecule has 0 fully saturated rings. The zero-order chi connectivity index (χ0) is 17.7. The number of ether oxygens (including phenoxy) is 1. The van der Waals surface area contributed by atoms with Crippen LogP contribution in [0.2, 0.25) is 5.02 Å². The average Bonchev–Trinajstić information content (AvgIpc) is 2.59. The molecule has 0 saturated carbocycles. The predicted molar refractivity (Wildman–Crippen MR) is 100 cm³/mol. The minimum absolute atomic E-state index is 0. The standard InChI is InChI=1S/C18H20ClFN2O2.ClH/c1-3-15(21)13-8-9-14(19)18(17(13)20)24-12-6-4-11(5-7-12)10-16(23)22-2;/h4-9,15H,3,10,21H2,1-2H3,(H,22,23);1H/t15-;/m1./s1. The highest BCUT2D eigenvalue weighted by Crippen LogP contribution is 2.36. The van der Waals surface area contributed by atoms with Crippen LogP contribution in [0.1, 0.15) is 30.5 Å². The second-order valence-corrected chi connectivity index (χ2v) is 5.80. The predicted octanol–water partition coefficient (Wildman–Crippen LogP) is 4.39. The van der Waals surface area contributed by atoms with Gasteiger partial charge >= 0.3 is 0 Å². The highest BCUT2D eigenvalue weighted by atomic mass is 35.5. The Hall–Kier alpha value is -1.82. The lowest BCUT2D eigenvalue weighted by Crippen LogP contribution is -2.19. The first-order valence-electron chi connectivity index (χ1n) is 7.67. The molecule has 0 aliphatic heterocycles. The van der Waals surface area contributed by atoms with Crippen molar-refractivity contribution >= 4 is 29.9 Å². The Morgan fingerprint density at radius 1 is 1.28 bits per heavy atom. The number of carbonyl (C=O) groups excluding carboxylic acids is 1. The van der Waals surface area contributed by atoms with E-state index in [1.165, 1.54) is 0 Å². The summed E-state index contributed by atoms with van der Waals surface area (Å²) in [6, 6.07) is 9.56. The van der Waals surface area contributed by atoms with Crippen LogP contribution in [0, 0.1) is 5.82 Å². The molecular weight excluding hydrogens is 366 g/mol. The fraction of sp³-hybridized carbons (Fsp3) is 0.278. The maximum absolute atomic E-state index is 14.6. The van der Waals surface area contributed by atoms with Gasteiger partial charge in [0.15, 0.2) is 11.6 Å². The van der Waals surface area contributed by atoms with Crippen molar-refractivity contribution in [3.8, 4) is 11.5 Å². The van der Waals surface area contributed by atoms with E-state index >= 15 is 0 Å². The number of hydrogen-bond acceptors (Lipinski definition) is 3. The van der Waals surface area contributed by atoms with Crippen LogP contribution in [-0.2, 0) is 11.2 Å². The molecule has 0 spiro atoms. The first-order valence-corrected chi connectivity index (χ1v) is 8.04. The third-order valence-electron chi connectivity index (χ3n) is 3.71. The number of nitrogens with one attached hydrogen (secondary N) is 1. The van der Waals surface area contributed by atoms with Gasteiger partial charge in [-0.15, -0.1) is 12.4 Å². The number of nitrogens with two attached hydrogens (primary N) is 1. The van der Waals surface area contributed by atoms with Crippen molar-refractivity contribution in [3.63, 3.8) is 0 Å². The molecule has 0 unspecified atom stereocenters. The van der Waals surface area contributed by atoms with E-state index in [0.29, 0.717) is 17.7 Å². The Balaban J connectivity index is 0.00000312. The van der Waals surface area contributed by atoms with Crippen LogP contribution < -0.4 is 15.8 Å². The zero-order valence-electron chi connectivity index (χ0n) is 14.0. The highest BCUT2D eigenvalue weighted by molar-refractivity contribution is 6.32. The number of carbonyl (C=O) groups is 1. The van der Waals surface area contributed by atoms with E-state index in [9.17, 15) is 9.18 Å². The summed E-state index contributed by atoms with van der Waals surface area (Å²) in [5.74, 6) is -0.249. The van der Waals surface area contributed by atoms with E-state index in [1.54, 1.807) is 43.4 Å². The highest BCUT2D eigenvalue weighted by Gasteiger charge is 2.18. The van der Waals surface area contributed by atoms with Gasteiger partial charge in [-0.25, -0.2) is 4.39 Å². The van der Waals surface area contributed by atoms with E-state index in [-0.39, 0.29) is 35.5 Å². The van der Waals surface area contributed by atoms with Crippen LogP contribution >= 0.6 is 24.0 Å². The zero-order valence-corrected chi connectivity index (χ0v) is 15.6. The van der Waals surface area contributed by atoms with E-state index in [2.05, 4.69) is 5.32 Å². The normalized spacial score (nSPS) is 11.4. The molecule has 0 heterocycles. The van der Waals surface area contributed by atoms with E-state index in [0.717, 1.165) is 5.56 Å². The molecule has 4 nitrogen and oxygen atoms in total. The Morgan fingerprint density at radius 3 is 2.48 bits per heavy atom. The van der Waals surface area contributed by atoms with Gasteiger partial charge in [0, 0.05) is 18.7 Å². The number of amides is 1. The number of halogens is 3. The van der Waals surface area contributed by atoms with Crippen molar-refractivity contribution in [1.82, 2.24) is 5.32 Å². The lowest BCUT2D eigenvalue weighted by molar-refractivity contribution is -0.119. The van der Waals surface area contributed by atoms with E-state index in [4.69, 9.17) is 22.1 Å². The third kappa shape index (κ3) is 5.33. The van der Waals surface area contributed by atoms with Crippen LogP contribution in [0.5, 0.6) is 11.5 Å². The summed E-state index contributed by atoms with van der Waals surface area (Å²) in [6.45, 7) is 1.88. The van der Waals surface area contributed by atoms with Crippen LogP contribution in [-0.4, -0.2) is 13.0 Å². The molecule has 0 aliphatic carbocycles. The van der Waals surface area contributed by atoms with E-state index in [1.807, 2.05) is 6.92 Å². The van der Waals surface area contributed by atoms with Gasteiger partial charge in [0.1, 0.15) is 5.75 Å². The second kappa shape index (κ2) is 9.61. The smallest absolute Gasteiger partial charge is 0.224 e. The fourth-order valence-corrected chi connectivity index (χ4v) is 2.40. The number of likely N-dealkylation sites (N-methyl/N-ethyl adjacent to an activating group) is 1. The SMILES string of the molecule is CC[C@@H](N)c1ccc(Cl)c(Oc2ccc(CC(=O)NC)cc2)c1F.Cl. The van der Waals surface area contributed by atoms with Gasteiger partial charge in [0.05, 0.1) is 11.4 Å². The summed E-state index contributed by atoms with van der Waals surface area (Å²) in [6.07, 6.45) is 0.874. The first kappa shape index (κ1) is 21.2. The third-order valence-corrected chi connectivity index (χ3v) is 4.00. The topological polar surface area (TPSA) is 64.3 Å². The van der Waals surface area contributed by atoms with Gasteiger partial charge in [-0.2, -0.15) is 0 Å². The van der Waals surface area contributed by atoms with Crippen LogP contribution in [0.3, 0.4) is 0 Å². The number of benzene rings is 2. The number of hydrogen-bond donors (Lipinski definition) is 2. The molecule has 3 N–H and O–H groups in total. The molecule has 2 rings (SSSR count). The molecule has 2 aromatic carbocycles. The quantitative estimate of drug-likeness (QED) is 0.773. The maximum Gasteiger partial charge on any atom is 0.224 e. The number of rotatable bonds is 6. The van der Waals surface area contributed by atoms with Gasteiger partial charge in [-0.3, -0.25) is 4.79 Å². The van der Waals surface area contributed by atoms with Crippen molar-refractivity contribution < 1.29 is 13.9 Å². The van der Waals surface area contributed by atoms with Gasteiger partial charge in [0.2, 0.25) is 5.91 Å². The molecule has 0 aliphatic rings. The Morgan fingerprint density at radius 2 is 1.92 bits per heavy atom. The Bertz CT molecular complexity index is 724. The fourth-order valence-electron chi connectivity index (χ4n) is 2.21. The minimum atomic E-state index is -0.550. The summed E-state index contributed by atoms with van der Waals surface area (Å²) >= 11 is 6.06. The molecule has 25 heavy (non-hydrogen) atoms. The summed E-state index contributed by atoms with van der Waals surface area (Å²) in [7, 11) is 1.58.